The van der Waals surface area contributed by atoms with Gasteiger partial charge in [0.25, 0.3) is 0 Å². The molecule has 0 aromatic rings. The van der Waals surface area contributed by atoms with Crippen LogP contribution in [0.3, 0.4) is 0 Å². The summed E-state index contributed by atoms with van der Waals surface area (Å²) in [6, 6.07) is 0. The predicted molar refractivity (Wildman–Crippen MR) is 66.6 cm³/mol. The Bertz CT molecular complexity index is 216. The second kappa shape index (κ2) is 5.03. The Hall–Kier alpha value is -0.120. The van der Waals surface area contributed by atoms with Crippen molar-refractivity contribution in [1.82, 2.24) is 10.2 Å². The number of rotatable bonds is 2. The van der Waals surface area contributed by atoms with Crippen molar-refractivity contribution in [3.05, 3.63) is 0 Å². The molecule has 0 aromatic carbocycles. The van der Waals surface area contributed by atoms with Crippen LogP contribution in [-0.4, -0.2) is 50.8 Å². The third kappa shape index (κ3) is 2.41. The number of nitrogens with one attached hydrogen (secondary N) is 1. The zero-order valence-electron chi connectivity index (χ0n) is 11.0. The normalized spacial score (nSPS) is 36.2. The van der Waals surface area contributed by atoms with Gasteiger partial charge >= 0.3 is 0 Å². The van der Waals surface area contributed by atoms with Crippen molar-refractivity contribution in [3.63, 3.8) is 0 Å². The zero-order chi connectivity index (χ0) is 11.6. The molecule has 2 atom stereocenters. The van der Waals surface area contributed by atoms with Gasteiger partial charge in [0, 0.05) is 25.0 Å². The largest absolute Gasteiger partial charge is 0.380 e. The molecule has 3 rings (SSSR count). The molecule has 0 aromatic heterocycles. The summed E-state index contributed by atoms with van der Waals surface area (Å²) >= 11 is 0. The van der Waals surface area contributed by atoms with Gasteiger partial charge in [-0.3, -0.25) is 0 Å². The Balaban J connectivity index is 0.000000457. The van der Waals surface area contributed by atoms with Crippen LogP contribution in [0.5, 0.6) is 0 Å². The average molecular weight is 226 g/mol. The highest BCUT2D eigenvalue weighted by atomic mass is 16.5. The first-order valence-corrected chi connectivity index (χ1v) is 6.76. The number of hydrogen-bond donors (Lipinski definition) is 1. The van der Waals surface area contributed by atoms with Gasteiger partial charge in [-0.15, -0.1) is 0 Å². The highest BCUT2D eigenvalue weighted by Crippen LogP contribution is 2.32. The molecule has 0 spiro atoms. The van der Waals surface area contributed by atoms with E-state index in [4.69, 9.17) is 4.74 Å². The smallest absolute Gasteiger partial charge is 0.0554 e. The second-order valence-electron chi connectivity index (χ2n) is 5.68. The minimum absolute atomic E-state index is 0.464. The third-order valence-electron chi connectivity index (χ3n) is 3.97. The van der Waals surface area contributed by atoms with E-state index < -0.39 is 0 Å². The predicted octanol–water partition coefficient (Wildman–Crippen LogP) is 1.20. The Labute approximate surface area is 99.5 Å². The maximum atomic E-state index is 5.30. The molecule has 3 nitrogen and oxygen atoms in total. The lowest BCUT2D eigenvalue weighted by molar-refractivity contribution is -0.113. The van der Waals surface area contributed by atoms with Crippen LogP contribution in [0.2, 0.25) is 0 Å². The van der Waals surface area contributed by atoms with Crippen LogP contribution < -0.4 is 5.32 Å². The van der Waals surface area contributed by atoms with Gasteiger partial charge in [0.1, 0.15) is 0 Å². The van der Waals surface area contributed by atoms with Gasteiger partial charge in [-0.2, -0.15) is 0 Å². The summed E-state index contributed by atoms with van der Waals surface area (Å²) in [4.78, 5) is 2.65. The molecule has 3 fully saturated rings. The fourth-order valence-electron chi connectivity index (χ4n) is 3.16. The highest BCUT2D eigenvalue weighted by molar-refractivity contribution is 4.94. The maximum Gasteiger partial charge on any atom is 0.0554 e. The van der Waals surface area contributed by atoms with Crippen LogP contribution in [0.25, 0.3) is 0 Å². The minimum atomic E-state index is 0.464. The van der Waals surface area contributed by atoms with E-state index in [0.29, 0.717) is 5.41 Å². The Morgan fingerprint density at radius 1 is 1.19 bits per heavy atom. The maximum absolute atomic E-state index is 5.30. The minimum Gasteiger partial charge on any atom is -0.380 e. The van der Waals surface area contributed by atoms with E-state index in [2.05, 4.69) is 17.1 Å². The Kier molecular flexibility index (Phi) is 3.88. The van der Waals surface area contributed by atoms with Crippen LogP contribution in [0.15, 0.2) is 0 Å². The van der Waals surface area contributed by atoms with Crippen LogP contribution in [-0.2, 0) is 4.74 Å². The van der Waals surface area contributed by atoms with Crippen LogP contribution in [0.1, 0.15) is 20.8 Å². The molecule has 1 N–H and O–H groups in total. The summed E-state index contributed by atoms with van der Waals surface area (Å²) in [5.74, 6) is 1.86. The van der Waals surface area contributed by atoms with Gasteiger partial charge in [-0.25, -0.2) is 0 Å². The van der Waals surface area contributed by atoms with E-state index in [9.17, 15) is 0 Å². The van der Waals surface area contributed by atoms with Crippen molar-refractivity contribution in [2.75, 3.05) is 45.9 Å². The molecule has 0 amide bonds. The second-order valence-corrected chi connectivity index (χ2v) is 5.68. The van der Waals surface area contributed by atoms with Crippen molar-refractivity contribution in [2.24, 2.45) is 17.3 Å². The van der Waals surface area contributed by atoms with Crippen LogP contribution >= 0.6 is 0 Å². The molecule has 0 radical (unpaired) electrons. The fraction of sp³-hybridized carbons (Fsp3) is 1.00. The number of hydrogen-bond acceptors (Lipinski definition) is 3. The quantitative estimate of drug-likeness (QED) is 0.766. The van der Waals surface area contributed by atoms with Gasteiger partial charge in [0.2, 0.25) is 0 Å². The third-order valence-corrected chi connectivity index (χ3v) is 3.97. The molecule has 0 saturated carbocycles. The molecule has 3 saturated heterocycles. The van der Waals surface area contributed by atoms with E-state index in [-0.39, 0.29) is 0 Å². The molecule has 16 heavy (non-hydrogen) atoms. The summed E-state index contributed by atoms with van der Waals surface area (Å²) in [5.41, 5.74) is 0.464. The van der Waals surface area contributed by atoms with Crippen molar-refractivity contribution >= 4 is 0 Å². The summed E-state index contributed by atoms with van der Waals surface area (Å²) in [6.07, 6.45) is 0. The number of likely N-dealkylation sites (tertiary alicyclic amines) is 1. The van der Waals surface area contributed by atoms with Gasteiger partial charge < -0.3 is 15.0 Å². The van der Waals surface area contributed by atoms with Crippen LogP contribution in [0.4, 0.5) is 0 Å². The lowest BCUT2D eigenvalue weighted by Crippen LogP contribution is -2.48. The fourth-order valence-corrected chi connectivity index (χ4v) is 3.16. The zero-order valence-corrected chi connectivity index (χ0v) is 11.0. The topological polar surface area (TPSA) is 24.5 Å². The number of ether oxygens (including phenoxy) is 1. The van der Waals surface area contributed by atoms with E-state index in [1.54, 1.807) is 0 Å². The van der Waals surface area contributed by atoms with Crippen molar-refractivity contribution < 1.29 is 4.74 Å². The Morgan fingerprint density at radius 2 is 1.75 bits per heavy atom. The highest BCUT2D eigenvalue weighted by Gasteiger charge is 2.41. The van der Waals surface area contributed by atoms with E-state index in [1.807, 2.05) is 13.8 Å². The van der Waals surface area contributed by atoms with Gasteiger partial charge in [0.15, 0.2) is 0 Å². The van der Waals surface area contributed by atoms with Crippen LogP contribution in [0, 0.1) is 17.3 Å². The monoisotopic (exact) mass is 226 g/mol. The summed E-state index contributed by atoms with van der Waals surface area (Å²) in [5, 5.41) is 3.48. The van der Waals surface area contributed by atoms with E-state index in [1.165, 1.54) is 32.7 Å². The summed E-state index contributed by atoms with van der Waals surface area (Å²) < 4.78 is 5.30. The average Bonchev–Trinajstić information content (AvgIpc) is 2.78. The molecule has 94 valence electrons. The summed E-state index contributed by atoms with van der Waals surface area (Å²) in [6.45, 7) is 14.7. The molecular weight excluding hydrogens is 200 g/mol. The molecule has 0 aliphatic carbocycles. The van der Waals surface area contributed by atoms with Gasteiger partial charge in [0.05, 0.1) is 13.2 Å². The van der Waals surface area contributed by atoms with Crippen molar-refractivity contribution in [3.8, 4) is 0 Å². The van der Waals surface area contributed by atoms with Gasteiger partial charge in [-0.05, 0) is 24.9 Å². The summed E-state index contributed by atoms with van der Waals surface area (Å²) in [7, 11) is 0. The number of nitrogens with zero attached hydrogens (tertiary/aromatic N) is 1. The molecule has 3 heteroatoms. The lowest BCUT2D eigenvalue weighted by Gasteiger charge is -2.41. The first kappa shape index (κ1) is 12.3. The first-order chi connectivity index (χ1) is 7.75. The van der Waals surface area contributed by atoms with Crippen molar-refractivity contribution in [1.29, 1.82) is 0 Å². The molecule has 0 bridgehead atoms. The van der Waals surface area contributed by atoms with Crippen molar-refractivity contribution in [2.45, 2.75) is 20.8 Å². The molecule has 0 unspecified atom stereocenters. The van der Waals surface area contributed by atoms with E-state index >= 15 is 0 Å². The Morgan fingerprint density at radius 3 is 2.19 bits per heavy atom. The number of fused-ring (bicyclic) bond motifs is 1. The SMILES string of the molecule is CC.CC1(CN2C[C@H]3CNC[C@H]3C2)COC1. The molecule has 3 heterocycles. The molecule has 3 aliphatic heterocycles. The standard InChI is InChI=1S/C11H20N2O.C2H6/c1-11(7-14-8-11)6-13-4-9-2-12-3-10(9)5-13;1-2/h9-10,12H,2-8H2,1H3;1-2H3/t9-,10+;. The lowest BCUT2D eigenvalue weighted by atomic mass is 9.88. The first-order valence-electron chi connectivity index (χ1n) is 6.76. The molecule has 3 aliphatic rings. The van der Waals surface area contributed by atoms with Gasteiger partial charge in [-0.1, -0.05) is 20.8 Å². The molecular formula is C13H26N2O. The van der Waals surface area contributed by atoms with E-state index in [0.717, 1.165) is 25.0 Å².